The minimum Gasteiger partial charge on any atom is -0.260 e. The van der Waals surface area contributed by atoms with Gasteiger partial charge in [0.15, 0.2) is 5.84 Å². The van der Waals surface area contributed by atoms with Gasteiger partial charge in [-0.3, -0.25) is 4.99 Å². The van der Waals surface area contributed by atoms with Crippen LogP contribution in [0.4, 0.5) is 0 Å². The predicted molar refractivity (Wildman–Crippen MR) is 78.8 cm³/mol. The minimum absolute atomic E-state index is 0.113. The number of nitrogens with zero attached hydrogens (tertiary/aromatic N) is 3. The summed E-state index contributed by atoms with van der Waals surface area (Å²) >= 11 is 0. The molecule has 0 unspecified atom stereocenters. The molecule has 0 radical (unpaired) electrons. The summed E-state index contributed by atoms with van der Waals surface area (Å²) in [5.41, 5.74) is 5.74. The van der Waals surface area contributed by atoms with E-state index in [9.17, 15) is 0 Å². The summed E-state index contributed by atoms with van der Waals surface area (Å²) in [6, 6.07) is 8.64. The van der Waals surface area contributed by atoms with Gasteiger partial charge in [-0.1, -0.05) is 17.7 Å². The Bertz CT molecular complexity index is 685. The number of hydrogen-bond donors (Lipinski definition) is 0. The van der Waals surface area contributed by atoms with Gasteiger partial charge >= 0.3 is 0 Å². The van der Waals surface area contributed by atoms with E-state index >= 15 is 0 Å². The van der Waals surface area contributed by atoms with E-state index in [1.165, 1.54) is 16.7 Å². The van der Waals surface area contributed by atoms with Crippen LogP contribution in [0.5, 0.6) is 0 Å². The molecule has 3 rings (SSSR count). The van der Waals surface area contributed by atoms with Gasteiger partial charge in [0, 0.05) is 11.1 Å². The van der Waals surface area contributed by atoms with Crippen molar-refractivity contribution in [1.82, 2.24) is 9.78 Å². The Morgan fingerprint density at radius 3 is 2.47 bits per heavy atom. The van der Waals surface area contributed by atoms with Crippen molar-refractivity contribution in [3.8, 4) is 11.3 Å². The fraction of sp³-hybridized carbons (Fsp3) is 0.375. The fourth-order valence-corrected chi connectivity index (χ4v) is 2.46. The van der Waals surface area contributed by atoms with Gasteiger partial charge in [0.2, 0.25) is 0 Å². The molecule has 0 atom stereocenters. The summed E-state index contributed by atoms with van der Waals surface area (Å²) in [5.74, 6) is 0.967. The highest BCUT2D eigenvalue weighted by Crippen LogP contribution is 2.33. The number of aliphatic imine (C=N–C) groups is 1. The van der Waals surface area contributed by atoms with Gasteiger partial charge in [-0.25, -0.2) is 4.68 Å². The van der Waals surface area contributed by atoms with Crippen molar-refractivity contribution in [2.45, 2.75) is 40.2 Å². The maximum absolute atomic E-state index is 4.86. The van der Waals surface area contributed by atoms with Crippen molar-refractivity contribution in [3.63, 3.8) is 0 Å². The lowest BCUT2D eigenvalue weighted by Gasteiger charge is -2.14. The second-order valence-corrected chi connectivity index (χ2v) is 6.24. The molecule has 1 aliphatic heterocycles. The van der Waals surface area contributed by atoms with Crippen LogP contribution in [0.15, 0.2) is 29.3 Å². The van der Waals surface area contributed by atoms with Gasteiger partial charge in [0.05, 0.1) is 16.9 Å². The molecule has 0 spiro atoms. The van der Waals surface area contributed by atoms with E-state index in [1.54, 1.807) is 0 Å². The number of rotatable bonds is 0. The third kappa shape index (κ3) is 1.99. The maximum Gasteiger partial charge on any atom is 0.157 e. The van der Waals surface area contributed by atoms with Crippen molar-refractivity contribution in [3.05, 3.63) is 41.1 Å². The number of fused-ring (bicyclic) bond motifs is 3. The van der Waals surface area contributed by atoms with Crippen LogP contribution in [0.25, 0.3) is 11.3 Å². The molecule has 1 aromatic heterocycles. The zero-order valence-corrected chi connectivity index (χ0v) is 12.2. The lowest BCUT2D eigenvalue weighted by Crippen LogP contribution is -2.19. The second kappa shape index (κ2) is 3.80. The highest BCUT2D eigenvalue weighted by atomic mass is 15.3. The molecule has 0 saturated heterocycles. The normalized spacial score (nSPS) is 15.7. The molecule has 3 nitrogen and oxygen atoms in total. The van der Waals surface area contributed by atoms with E-state index in [-0.39, 0.29) is 5.54 Å². The molecule has 2 heterocycles. The fourth-order valence-electron chi connectivity index (χ4n) is 2.46. The predicted octanol–water partition coefficient (Wildman–Crippen LogP) is 3.57. The summed E-state index contributed by atoms with van der Waals surface area (Å²) in [4.78, 5) is 4.86. The summed E-state index contributed by atoms with van der Waals surface area (Å²) in [6.07, 6.45) is 0. The molecule has 0 fully saturated rings. The van der Waals surface area contributed by atoms with Crippen LogP contribution in [0, 0.1) is 13.8 Å². The number of aromatic nitrogens is 2. The molecule has 0 N–H and O–H groups in total. The highest BCUT2D eigenvalue weighted by Gasteiger charge is 2.27. The average Bonchev–Trinajstić information content (AvgIpc) is 2.76. The van der Waals surface area contributed by atoms with E-state index in [2.05, 4.69) is 57.1 Å². The van der Waals surface area contributed by atoms with Gasteiger partial charge in [0.1, 0.15) is 0 Å². The Balaban J connectivity index is 2.31. The summed E-state index contributed by atoms with van der Waals surface area (Å²) in [6.45, 7) is 10.5. The van der Waals surface area contributed by atoms with Crippen molar-refractivity contribution in [2.75, 3.05) is 0 Å². The van der Waals surface area contributed by atoms with Gasteiger partial charge < -0.3 is 0 Å². The van der Waals surface area contributed by atoms with Gasteiger partial charge in [-0.15, -0.1) is 0 Å². The first-order valence-electron chi connectivity index (χ1n) is 6.63. The molecule has 0 saturated carbocycles. The van der Waals surface area contributed by atoms with Crippen LogP contribution in [-0.4, -0.2) is 21.2 Å². The van der Waals surface area contributed by atoms with Crippen molar-refractivity contribution in [1.29, 1.82) is 0 Å². The summed E-state index contributed by atoms with van der Waals surface area (Å²) in [7, 11) is 0. The molecule has 2 aromatic rings. The van der Waals surface area contributed by atoms with E-state index in [4.69, 9.17) is 4.99 Å². The van der Waals surface area contributed by atoms with Crippen molar-refractivity contribution >= 4 is 5.84 Å². The summed E-state index contributed by atoms with van der Waals surface area (Å²) < 4.78 is 1.98. The lowest BCUT2D eigenvalue weighted by molar-refractivity contribution is 0.580. The largest absolute Gasteiger partial charge is 0.260 e. The number of aryl methyl sites for hydroxylation is 2. The molecular weight excluding hydrogens is 234 g/mol. The first kappa shape index (κ1) is 12.2. The van der Waals surface area contributed by atoms with Gasteiger partial charge in [0.25, 0.3) is 0 Å². The Morgan fingerprint density at radius 2 is 1.79 bits per heavy atom. The first-order valence-corrected chi connectivity index (χ1v) is 6.63. The smallest absolute Gasteiger partial charge is 0.157 e. The van der Waals surface area contributed by atoms with E-state index in [1.807, 2.05) is 11.6 Å². The number of hydrogen-bond acceptors (Lipinski definition) is 2. The maximum atomic E-state index is 4.86. The van der Waals surface area contributed by atoms with Gasteiger partial charge in [-0.05, 0) is 46.8 Å². The lowest BCUT2D eigenvalue weighted by atomic mass is 10.0. The first-order chi connectivity index (χ1) is 8.85. The Kier molecular flexibility index (Phi) is 2.43. The van der Waals surface area contributed by atoms with Crippen molar-refractivity contribution < 1.29 is 0 Å². The quantitative estimate of drug-likeness (QED) is 0.602. The number of benzene rings is 1. The van der Waals surface area contributed by atoms with Gasteiger partial charge in [-0.2, -0.15) is 5.10 Å². The molecule has 98 valence electrons. The van der Waals surface area contributed by atoms with Crippen LogP contribution in [0.3, 0.4) is 0 Å². The van der Waals surface area contributed by atoms with E-state index < -0.39 is 0 Å². The summed E-state index contributed by atoms with van der Waals surface area (Å²) in [5, 5.41) is 4.59. The molecule has 19 heavy (non-hydrogen) atoms. The van der Waals surface area contributed by atoms with Crippen LogP contribution in [-0.2, 0) is 0 Å². The molecule has 0 aliphatic carbocycles. The molecular formula is C16H19N3. The zero-order chi connectivity index (χ0) is 13.8. The molecule has 1 aliphatic rings. The third-order valence-electron chi connectivity index (χ3n) is 3.17. The molecule has 0 bridgehead atoms. The van der Waals surface area contributed by atoms with Crippen LogP contribution >= 0.6 is 0 Å². The highest BCUT2D eigenvalue weighted by molar-refractivity contribution is 6.11. The Labute approximate surface area is 114 Å². The molecule has 0 amide bonds. The zero-order valence-electron chi connectivity index (χ0n) is 12.2. The van der Waals surface area contributed by atoms with Crippen molar-refractivity contribution in [2.24, 2.45) is 4.99 Å². The molecule has 1 aromatic carbocycles. The Hall–Kier alpha value is -1.90. The van der Waals surface area contributed by atoms with Crippen LogP contribution in [0.2, 0.25) is 0 Å². The SMILES string of the molecule is Cc1ccc2c(c1)C(=NC(C)(C)C)n1nc(C)cc1-2. The van der Waals surface area contributed by atoms with Crippen LogP contribution < -0.4 is 0 Å². The van der Waals surface area contributed by atoms with E-state index in [0.29, 0.717) is 0 Å². The standard InChI is InChI=1S/C16H19N3/c1-10-6-7-12-13(8-10)15(17-16(3,4)5)19-14(12)9-11(2)18-19/h6-9H,1-5H3. The topological polar surface area (TPSA) is 30.2 Å². The van der Waals surface area contributed by atoms with E-state index in [0.717, 1.165) is 17.2 Å². The monoisotopic (exact) mass is 253 g/mol. The molecule has 3 heteroatoms. The van der Waals surface area contributed by atoms with Crippen LogP contribution in [0.1, 0.15) is 37.6 Å². The second-order valence-electron chi connectivity index (χ2n) is 6.24. The average molecular weight is 253 g/mol. The third-order valence-corrected chi connectivity index (χ3v) is 3.17. The minimum atomic E-state index is -0.113. The Morgan fingerprint density at radius 1 is 1.05 bits per heavy atom.